The highest BCUT2D eigenvalue weighted by atomic mass is 16.5. The Morgan fingerprint density at radius 3 is 2.91 bits per heavy atom. The van der Waals surface area contributed by atoms with Crippen LogP contribution in [0.2, 0.25) is 0 Å². The van der Waals surface area contributed by atoms with Crippen LogP contribution in [0.3, 0.4) is 0 Å². The number of carbonyl (C=O) groups excluding carboxylic acids is 1. The van der Waals surface area contributed by atoms with E-state index in [0.29, 0.717) is 13.1 Å². The van der Waals surface area contributed by atoms with Gasteiger partial charge in [0.05, 0.1) is 11.8 Å². The molecule has 0 spiro atoms. The zero-order valence-corrected chi connectivity index (χ0v) is 12.2. The highest BCUT2D eigenvalue weighted by molar-refractivity contribution is 5.91. The summed E-state index contributed by atoms with van der Waals surface area (Å²) in [5.41, 5.74) is 0.633. The normalized spacial score (nSPS) is 16.5. The summed E-state index contributed by atoms with van der Waals surface area (Å²) in [7, 11) is 0. The Hall–Kier alpha value is -2.41. The molecule has 7 heteroatoms. The third-order valence-electron chi connectivity index (χ3n) is 3.72. The second-order valence-corrected chi connectivity index (χ2v) is 5.32. The van der Waals surface area contributed by atoms with Gasteiger partial charge in [0.1, 0.15) is 0 Å². The van der Waals surface area contributed by atoms with E-state index < -0.39 is 5.56 Å². The molecule has 1 amide bonds. The van der Waals surface area contributed by atoms with Gasteiger partial charge in [0.25, 0.3) is 11.5 Å². The Balaban J connectivity index is 1.60. The van der Waals surface area contributed by atoms with E-state index in [1.54, 1.807) is 11.1 Å². The van der Waals surface area contributed by atoms with E-state index in [1.165, 1.54) is 6.07 Å². The van der Waals surface area contributed by atoms with Crippen LogP contribution in [0.15, 0.2) is 39.8 Å². The number of nitrogens with one attached hydrogen (secondary N) is 1. The number of amides is 1. The molecule has 3 heterocycles. The van der Waals surface area contributed by atoms with Gasteiger partial charge in [-0.25, -0.2) is 0 Å². The van der Waals surface area contributed by atoms with Gasteiger partial charge < -0.3 is 9.42 Å². The van der Waals surface area contributed by atoms with Gasteiger partial charge in [-0.1, -0.05) is 6.07 Å². The van der Waals surface area contributed by atoms with Crippen molar-refractivity contribution in [1.29, 1.82) is 0 Å². The van der Waals surface area contributed by atoms with Crippen molar-refractivity contribution in [2.75, 3.05) is 26.2 Å². The van der Waals surface area contributed by atoms with Crippen LogP contribution >= 0.6 is 0 Å². The SMILES string of the molecule is O=C(c1cc(=O)[nH]o1)N1CCCN(Cc2ccccn2)CC1. The van der Waals surface area contributed by atoms with Gasteiger partial charge in [0, 0.05) is 38.9 Å². The fourth-order valence-electron chi connectivity index (χ4n) is 2.60. The summed E-state index contributed by atoms with van der Waals surface area (Å²) in [6.07, 6.45) is 2.67. The average molecular weight is 302 g/mol. The lowest BCUT2D eigenvalue weighted by molar-refractivity contribution is 0.0719. The Morgan fingerprint density at radius 2 is 2.18 bits per heavy atom. The van der Waals surface area contributed by atoms with Gasteiger partial charge in [-0.2, -0.15) is 5.16 Å². The van der Waals surface area contributed by atoms with E-state index in [-0.39, 0.29) is 11.7 Å². The summed E-state index contributed by atoms with van der Waals surface area (Å²) in [6, 6.07) is 7.07. The molecule has 7 nitrogen and oxygen atoms in total. The molecule has 1 aliphatic rings. The van der Waals surface area contributed by atoms with Crippen molar-refractivity contribution in [1.82, 2.24) is 19.9 Å². The van der Waals surface area contributed by atoms with Gasteiger partial charge in [0.15, 0.2) is 0 Å². The second-order valence-electron chi connectivity index (χ2n) is 5.32. The van der Waals surface area contributed by atoms with E-state index >= 15 is 0 Å². The molecule has 0 bridgehead atoms. The number of aromatic nitrogens is 2. The van der Waals surface area contributed by atoms with Crippen molar-refractivity contribution in [3.63, 3.8) is 0 Å². The van der Waals surface area contributed by atoms with Crippen molar-refractivity contribution in [3.8, 4) is 0 Å². The van der Waals surface area contributed by atoms with E-state index in [0.717, 1.165) is 31.7 Å². The molecule has 0 atom stereocenters. The Kier molecular flexibility index (Phi) is 4.34. The molecular formula is C15H18N4O3. The number of H-pyrrole nitrogens is 1. The summed E-state index contributed by atoms with van der Waals surface area (Å²) in [4.78, 5) is 31.7. The molecule has 1 saturated heterocycles. The lowest BCUT2D eigenvalue weighted by Gasteiger charge is -2.20. The van der Waals surface area contributed by atoms with Crippen LogP contribution in [-0.4, -0.2) is 52.0 Å². The molecule has 116 valence electrons. The maximum absolute atomic E-state index is 12.3. The maximum Gasteiger partial charge on any atom is 0.292 e. The number of hydrogen-bond donors (Lipinski definition) is 1. The average Bonchev–Trinajstić information content (AvgIpc) is 2.83. The quantitative estimate of drug-likeness (QED) is 0.903. The molecule has 1 fully saturated rings. The Bertz CT molecular complexity index is 679. The Labute approximate surface area is 127 Å². The molecule has 0 aliphatic carbocycles. The first kappa shape index (κ1) is 14.5. The highest BCUT2D eigenvalue weighted by Crippen LogP contribution is 2.10. The van der Waals surface area contributed by atoms with Gasteiger partial charge in [-0.05, 0) is 18.6 Å². The summed E-state index contributed by atoms with van der Waals surface area (Å²) in [5, 5.41) is 2.15. The number of nitrogens with zero attached hydrogens (tertiary/aromatic N) is 3. The molecule has 0 radical (unpaired) electrons. The van der Waals surface area contributed by atoms with Crippen molar-refractivity contribution in [2.24, 2.45) is 0 Å². The van der Waals surface area contributed by atoms with Gasteiger partial charge in [-0.3, -0.25) is 19.5 Å². The predicted octanol–water partition coefficient (Wildman–Crippen LogP) is 0.711. The van der Waals surface area contributed by atoms with E-state index in [4.69, 9.17) is 4.52 Å². The van der Waals surface area contributed by atoms with E-state index in [9.17, 15) is 9.59 Å². The lowest BCUT2D eigenvalue weighted by atomic mass is 10.3. The molecule has 22 heavy (non-hydrogen) atoms. The molecule has 1 N–H and O–H groups in total. The highest BCUT2D eigenvalue weighted by Gasteiger charge is 2.23. The second kappa shape index (κ2) is 6.57. The maximum atomic E-state index is 12.3. The van der Waals surface area contributed by atoms with Crippen molar-refractivity contribution < 1.29 is 9.32 Å². The molecule has 0 saturated carbocycles. The summed E-state index contributed by atoms with van der Waals surface area (Å²) in [6.45, 7) is 3.74. The first-order valence-corrected chi connectivity index (χ1v) is 7.32. The number of hydrogen-bond acceptors (Lipinski definition) is 5. The van der Waals surface area contributed by atoms with Crippen LogP contribution < -0.4 is 5.56 Å². The number of carbonyl (C=O) groups is 1. The third-order valence-corrected chi connectivity index (χ3v) is 3.72. The van der Waals surface area contributed by atoms with Crippen LogP contribution in [0.25, 0.3) is 0 Å². The predicted molar refractivity (Wildman–Crippen MR) is 79.4 cm³/mol. The number of aromatic amines is 1. The minimum atomic E-state index is -0.394. The minimum absolute atomic E-state index is 0.0724. The summed E-state index contributed by atoms with van der Waals surface area (Å²) < 4.78 is 4.89. The molecule has 0 unspecified atom stereocenters. The third kappa shape index (κ3) is 3.43. The summed E-state index contributed by atoms with van der Waals surface area (Å²) >= 11 is 0. The van der Waals surface area contributed by atoms with E-state index in [2.05, 4.69) is 15.0 Å². The van der Waals surface area contributed by atoms with Gasteiger partial charge >= 0.3 is 0 Å². The zero-order chi connectivity index (χ0) is 15.4. The summed E-state index contributed by atoms with van der Waals surface area (Å²) in [5.74, 6) is -0.166. The smallest absolute Gasteiger partial charge is 0.292 e. The fourth-order valence-corrected chi connectivity index (χ4v) is 2.60. The molecule has 0 aromatic carbocycles. The van der Waals surface area contributed by atoms with Gasteiger partial charge in [-0.15, -0.1) is 0 Å². The van der Waals surface area contributed by atoms with Crippen molar-refractivity contribution in [3.05, 3.63) is 52.3 Å². The molecule has 3 rings (SSSR count). The number of rotatable bonds is 3. The first-order valence-electron chi connectivity index (χ1n) is 7.32. The fraction of sp³-hybridized carbons (Fsp3) is 0.400. The van der Waals surface area contributed by atoms with Crippen molar-refractivity contribution >= 4 is 5.91 Å². The van der Waals surface area contributed by atoms with Crippen molar-refractivity contribution in [2.45, 2.75) is 13.0 Å². The monoisotopic (exact) mass is 302 g/mol. The lowest BCUT2D eigenvalue weighted by Crippen LogP contribution is -2.35. The standard InChI is InChI=1S/C15H18N4O3/c20-14-10-13(22-17-14)15(21)19-7-3-6-18(8-9-19)11-12-4-1-2-5-16-12/h1-2,4-5,10H,3,6-9,11H2,(H,17,20). The Morgan fingerprint density at radius 1 is 1.27 bits per heavy atom. The zero-order valence-electron chi connectivity index (χ0n) is 12.2. The topological polar surface area (TPSA) is 82.4 Å². The van der Waals surface area contributed by atoms with E-state index in [1.807, 2.05) is 18.2 Å². The minimum Gasteiger partial charge on any atom is -0.373 e. The largest absolute Gasteiger partial charge is 0.373 e. The number of pyridine rings is 1. The van der Waals surface area contributed by atoms with Crippen LogP contribution in [0, 0.1) is 0 Å². The van der Waals surface area contributed by atoms with Crippen LogP contribution in [0.1, 0.15) is 22.7 Å². The molecule has 1 aliphatic heterocycles. The first-order chi connectivity index (χ1) is 10.7. The van der Waals surface area contributed by atoms with Gasteiger partial charge in [0.2, 0.25) is 5.76 Å². The van der Waals surface area contributed by atoms with Crippen LogP contribution in [-0.2, 0) is 6.54 Å². The molecule has 2 aromatic heterocycles. The molecular weight excluding hydrogens is 284 g/mol. The van der Waals surface area contributed by atoms with Crippen LogP contribution in [0.4, 0.5) is 0 Å². The van der Waals surface area contributed by atoms with Crippen LogP contribution in [0.5, 0.6) is 0 Å². The molecule has 2 aromatic rings.